The first kappa shape index (κ1) is 12.7. The zero-order valence-corrected chi connectivity index (χ0v) is 11.0. The maximum absolute atomic E-state index is 6.19. The van der Waals surface area contributed by atoms with E-state index in [-0.39, 0.29) is 6.04 Å². The van der Waals surface area contributed by atoms with Gasteiger partial charge in [-0.05, 0) is 42.5 Å². The number of rotatable bonds is 5. The fraction of sp³-hybridized carbons (Fsp3) is 0.571. The fourth-order valence-corrected chi connectivity index (χ4v) is 2.62. The lowest BCUT2D eigenvalue weighted by Crippen LogP contribution is -2.28. The van der Waals surface area contributed by atoms with Crippen molar-refractivity contribution in [1.82, 2.24) is 0 Å². The van der Waals surface area contributed by atoms with Crippen LogP contribution in [0, 0.1) is 5.92 Å². The molecule has 3 heteroatoms. The summed E-state index contributed by atoms with van der Waals surface area (Å²) >= 11 is 6.01. The number of methoxy groups -OCH3 is 1. The summed E-state index contributed by atoms with van der Waals surface area (Å²) in [6.45, 7) is 0. The van der Waals surface area contributed by atoms with Gasteiger partial charge < -0.3 is 10.5 Å². The highest BCUT2D eigenvalue weighted by Crippen LogP contribution is 2.31. The van der Waals surface area contributed by atoms with Crippen LogP contribution in [0.4, 0.5) is 0 Å². The van der Waals surface area contributed by atoms with Gasteiger partial charge in [0, 0.05) is 11.1 Å². The summed E-state index contributed by atoms with van der Waals surface area (Å²) in [5.74, 6) is 1.73. The fourth-order valence-electron chi connectivity index (χ4n) is 2.43. The molecular formula is C14H20ClNO. The first-order valence-electron chi connectivity index (χ1n) is 6.27. The van der Waals surface area contributed by atoms with Crippen molar-refractivity contribution in [3.8, 4) is 5.75 Å². The number of benzene rings is 1. The predicted octanol–water partition coefficient (Wildman–Crippen LogP) is 3.41. The van der Waals surface area contributed by atoms with Gasteiger partial charge in [0.05, 0.1) is 7.11 Å². The van der Waals surface area contributed by atoms with Gasteiger partial charge in [0.1, 0.15) is 5.75 Å². The molecule has 1 fully saturated rings. The van der Waals surface area contributed by atoms with E-state index in [9.17, 15) is 0 Å². The summed E-state index contributed by atoms with van der Waals surface area (Å²) in [6.07, 6.45) is 6.04. The minimum absolute atomic E-state index is 0.215. The summed E-state index contributed by atoms with van der Waals surface area (Å²) in [7, 11) is 1.68. The first-order valence-corrected chi connectivity index (χ1v) is 6.65. The summed E-state index contributed by atoms with van der Waals surface area (Å²) in [5, 5.41) is 0.747. The number of hydrogen-bond acceptors (Lipinski definition) is 2. The van der Waals surface area contributed by atoms with Gasteiger partial charge >= 0.3 is 0 Å². The summed E-state index contributed by atoms with van der Waals surface area (Å²) in [4.78, 5) is 0. The quantitative estimate of drug-likeness (QED) is 0.873. The molecule has 1 saturated carbocycles. The van der Waals surface area contributed by atoms with Crippen LogP contribution in [0.15, 0.2) is 18.2 Å². The van der Waals surface area contributed by atoms with Crippen molar-refractivity contribution in [2.75, 3.05) is 7.11 Å². The topological polar surface area (TPSA) is 35.2 Å². The number of ether oxygens (including phenoxy) is 1. The van der Waals surface area contributed by atoms with Gasteiger partial charge in [0.2, 0.25) is 0 Å². The highest BCUT2D eigenvalue weighted by atomic mass is 35.5. The lowest BCUT2D eigenvalue weighted by Gasteiger charge is -2.28. The Hall–Kier alpha value is -0.730. The number of nitrogens with two attached hydrogens (primary N) is 1. The molecule has 0 saturated heterocycles. The molecule has 0 amide bonds. The van der Waals surface area contributed by atoms with Gasteiger partial charge in [-0.3, -0.25) is 0 Å². The Balaban J connectivity index is 1.98. The third kappa shape index (κ3) is 3.36. The van der Waals surface area contributed by atoms with Crippen molar-refractivity contribution in [2.24, 2.45) is 11.7 Å². The molecule has 0 radical (unpaired) electrons. The normalized spacial score (nSPS) is 17.6. The van der Waals surface area contributed by atoms with E-state index < -0.39 is 0 Å². The Morgan fingerprint density at radius 3 is 2.82 bits per heavy atom. The number of halogens is 1. The molecule has 1 unspecified atom stereocenters. The monoisotopic (exact) mass is 253 g/mol. The molecule has 2 nitrogen and oxygen atoms in total. The maximum Gasteiger partial charge on any atom is 0.122 e. The van der Waals surface area contributed by atoms with E-state index in [0.29, 0.717) is 0 Å². The lowest BCUT2D eigenvalue weighted by molar-refractivity contribution is 0.275. The molecule has 0 spiro atoms. The molecule has 0 aromatic heterocycles. The Kier molecular flexibility index (Phi) is 4.30. The van der Waals surface area contributed by atoms with E-state index in [1.54, 1.807) is 7.11 Å². The molecule has 2 rings (SSSR count). The second kappa shape index (κ2) is 5.74. The van der Waals surface area contributed by atoms with Crippen molar-refractivity contribution in [1.29, 1.82) is 0 Å². The van der Waals surface area contributed by atoms with Crippen LogP contribution < -0.4 is 10.5 Å². The molecule has 1 aliphatic carbocycles. The second-order valence-electron chi connectivity index (χ2n) is 4.95. The van der Waals surface area contributed by atoms with Gasteiger partial charge in [-0.15, -0.1) is 0 Å². The average Bonchev–Trinajstić information content (AvgIpc) is 2.24. The van der Waals surface area contributed by atoms with Crippen LogP contribution in [-0.4, -0.2) is 13.2 Å². The van der Waals surface area contributed by atoms with Gasteiger partial charge in [-0.25, -0.2) is 0 Å². The zero-order chi connectivity index (χ0) is 12.3. The maximum atomic E-state index is 6.19. The Bertz CT molecular complexity index is 376. The molecule has 1 aromatic rings. The molecule has 1 aromatic carbocycles. The van der Waals surface area contributed by atoms with E-state index in [1.165, 1.54) is 19.3 Å². The van der Waals surface area contributed by atoms with E-state index >= 15 is 0 Å². The highest BCUT2D eigenvalue weighted by Gasteiger charge is 2.21. The third-order valence-electron chi connectivity index (χ3n) is 3.59. The van der Waals surface area contributed by atoms with Crippen LogP contribution in [0.5, 0.6) is 5.75 Å². The van der Waals surface area contributed by atoms with E-state index in [0.717, 1.165) is 35.1 Å². The number of hydrogen-bond donors (Lipinski definition) is 1. The van der Waals surface area contributed by atoms with Crippen LogP contribution in [0.1, 0.15) is 31.2 Å². The Labute approximate surface area is 108 Å². The van der Waals surface area contributed by atoms with Crippen molar-refractivity contribution in [2.45, 2.75) is 38.1 Å². The third-order valence-corrected chi connectivity index (χ3v) is 3.82. The van der Waals surface area contributed by atoms with E-state index in [2.05, 4.69) is 0 Å². The molecule has 1 aliphatic rings. The van der Waals surface area contributed by atoms with Gasteiger partial charge in [0.15, 0.2) is 0 Å². The highest BCUT2D eigenvalue weighted by molar-refractivity contribution is 6.30. The molecule has 2 N–H and O–H groups in total. The van der Waals surface area contributed by atoms with Crippen molar-refractivity contribution in [3.63, 3.8) is 0 Å². The van der Waals surface area contributed by atoms with Crippen molar-refractivity contribution in [3.05, 3.63) is 28.8 Å². The predicted molar refractivity (Wildman–Crippen MR) is 71.6 cm³/mol. The SMILES string of the molecule is COc1ccc(Cl)cc1CC(N)CC1CCC1. The second-order valence-corrected chi connectivity index (χ2v) is 5.39. The Morgan fingerprint density at radius 2 is 2.24 bits per heavy atom. The van der Waals surface area contributed by atoms with Crippen LogP contribution in [0.25, 0.3) is 0 Å². The molecule has 0 aliphatic heterocycles. The molecule has 0 heterocycles. The summed E-state index contributed by atoms with van der Waals surface area (Å²) in [6, 6.07) is 5.93. The summed E-state index contributed by atoms with van der Waals surface area (Å²) < 4.78 is 5.33. The molecule has 94 valence electrons. The van der Waals surface area contributed by atoms with Crippen LogP contribution in [0.3, 0.4) is 0 Å². The molecule has 17 heavy (non-hydrogen) atoms. The lowest BCUT2D eigenvalue weighted by atomic mass is 9.80. The molecule has 0 bridgehead atoms. The summed E-state index contributed by atoms with van der Waals surface area (Å²) in [5.41, 5.74) is 7.31. The molecular weight excluding hydrogens is 234 g/mol. The van der Waals surface area contributed by atoms with Crippen LogP contribution >= 0.6 is 11.6 Å². The van der Waals surface area contributed by atoms with E-state index in [4.69, 9.17) is 22.1 Å². The van der Waals surface area contributed by atoms with Gasteiger partial charge in [0.25, 0.3) is 0 Å². The average molecular weight is 254 g/mol. The van der Waals surface area contributed by atoms with Crippen molar-refractivity contribution >= 4 is 11.6 Å². The van der Waals surface area contributed by atoms with Crippen molar-refractivity contribution < 1.29 is 4.74 Å². The van der Waals surface area contributed by atoms with E-state index in [1.807, 2.05) is 18.2 Å². The smallest absolute Gasteiger partial charge is 0.122 e. The van der Waals surface area contributed by atoms with Gasteiger partial charge in [-0.2, -0.15) is 0 Å². The first-order chi connectivity index (χ1) is 8.19. The molecule has 1 atom stereocenters. The van der Waals surface area contributed by atoms with Crippen LogP contribution in [0.2, 0.25) is 5.02 Å². The Morgan fingerprint density at radius 1 is 1.47 bits per heavy atom. The minimum Gasteiger partial charge on any atom is -0.496 e. The zero-order valence-electron chi connectivity index (χ0n) is 10.3. The minimum atomic E-state index is 0.215. The van der Waals surface area contributed by atoms with Gasteiger partial charge in [-0.1, -0.05) is 30.9 Å². The standard InChI is InChI=1S/C14H20ClNO/c1-17-14-6-5-12(15)8-11(14)9-13(16)7-10-3-2-4-10/h5-6,8,10,13H,2-4,7,9,16H2,1H3. The van der Waals surface area contributed by atoms with Crippen LogP contribution in [-0.2, 0) is 6.42 Å². The largest absolute Gasteiger partial charge is 0.496 e.